The standard InChI is InChI=1S/C19H28N4O3/c1-4-14(2)21-18(24)12-23-16-9-6-5-8-15(16)22-17(23)10-7-11-20-19(25)13-26-3/h5-6,8-9,14H,4,7,10-13H2,1-3H3,(H,20,25)(H,21,24). The van der Waals surface area contributed by atoms with E-state index in [1.54, 1.807) is 0 Å². The predicted molar refractivity (Wildman–Crippen MR) is 101 cm³/mol. The molecular weight excluding hydrogens is 332 g/mol. The lowest BCUT2D eigenvalue weighted by Gasteiger charge is -2.14. The zero-order valence-electron chi connectivity index (χ0n) is 15.7. The Hall–Kier alpha value is -2.41. The molecule has 1 aromatic carbocycles. The Kier molecular flexibility index (Phi) is 7.59. The molecule has 0 aliphatic heterocycles. The van der Waals surface area contributed by atoms with Crippen molar-refractivity contribution in [1.29, 1.82) is 0 Å². The number of nitrogens with zero attached hydrogens (tertiary/aromatic N) is 2. The van der Waals surface area contributed by atoms with E-state index in [0.29, 0.717) is 13.0 Å². The quantitative estimate of drug-likeness (QED) is 0.631. The third-order valence-electron chi connectivity index (χ3n) is 4.23. The maximum Gasteiger partial charge on any atom is 0.245 e. The highest BCUT2D eigenvalue weighted by Gasteiger charge is 2.14. The van der Waals surface area contributed by atoms with Crippen molar-refractivity contribution >= 4 is 22.8 Å². The molecule has 0 saturated carbocycles. The van der Waals surface area contributed by atoms with Crippen molar-refractivity contribution in [2.45, 2.75) is 45.7 Å². The first-order valence-electron chi connectivity index (χ1n) is 9.04. The first kappa shape index (κ1) is 19.9. The van der Waals surface area contributed by atoms with Gasteiger partial charge in [0.15, 0.2) is 0 Å². The van der Waals surface area contributed by atoms with Crippen LogP contribution in [0.15, 0.2) is 24.3 Å². The number of aromatic nitrogens is 2. The van der Waals surface area contributed by atoms with Gasteiger partial charge in [-0.3, -0.25) is 9.59 Å². The van der Waals surface area contributed by atoms with Crippen molar-refractivity contribution in [3.63, 3.8) is 0 Å². The summed E-state index contributed by atoms with van der Waals surface area (Å²) >= 11 is 0. The first-order valence-corrected chi connectivity index (χ1v) is 9.04. The van der Waals surface area contributed by atoms with Crippen molar-refractivity contribution in [2.24, 2.45) is 0 Å². The van der Waals surface area contributed by atoms with E-state index in [2.05, 4.69) is 15.6 Å². The minimum Gasteiger partial charge on any atom is -0.375 e. The van der Waals surface area contributed by atoms with Gasteiger partial charge < -0.3 is 19.9 Å². The van der Waals surface area contributed by atoms with E-state index in [1.807, 2.05) is 42.7 Å². The van der Waals surface area contributed by atoms with Crippen LogP contribution in [-0.2, 0) is 27.3 Å². The molecule has 1 unspecified atom stereocenters. The molecule has 1 atom stereocenters. The minimum atomic E-state index is -0.131. The van der Waals surface area contributed by atoms with Gasteiger partial charge in [0.25, 0.3) is 0 Å². The Morgan fingerprint density at radius 3 is 2.77 bits per heavy atom. The monoisotopic (exact) mass is 360 g/mol. The summed E-state index contributed by atoms with van der Waals surface area (Å²) in [5, 5.41) is 5.80. The maximum atomic E-state index is 12.3. The second-order valence-electron chi connectivity index (χ2n) is 6.37. The molecule has 0 radical (unpaired) electrons. The van der Waals surface area contributed by atoms with E-state index >= 15 is 0 Å². The predicted octanol–water partition coefficient (Wildman–Crippen LogP) is 1.65. The number of carbonyl (C=O) groups is 2. The summed E-state index contributed by atoms with van der Waals surface area (Å²) in [4.78, 5) is 28.4. The molecule has 2 aromatic rings. The Morgan fingerprint density at radius 1 is 1.27 bits per heavy atom. The van der Waals surface area contributed by atoms with Crippen LogP contribution in [0.4, 0.5) is 0 Å². The second-order valence-corrected chi connectivity index (χ2v) is 6.37. The van der Waals surface area contributed by atoms with Gasteiger partial charge >= 0.3 is 0 Å². The number of hydrogen-bond donors (Lipinski definition) is 2. The van der Waals surface area contributed by atoms with Crippen molar-refractivity contribution in [3.8, 4) is 0 Å². The van der Waals surface area contributed by atoms with Gasteiger partial charge in [-0.1, -0.05) is 19.1 Å². The van der Waals surface area contributed by atoms with E-state index in [0.717, 1.165) is 29.7 Å². The van der Waals surface area contributed by atoms with Gasteiger partial charge in [0.2, 0.25) is 11.8 Å². The number of amides is 2. The highest BCUT2D eigenvalue weighted by molar-refractivity contribution is 5.81. The number of methoxy groups -OCH3 is 1. The van der Waals surface area contributed by atoms with E-state index in [1.165, 1.54) is 7.11 Å². The highest BCUT2D eigenvalue weighted by Crippen LogP contribution is 2.17. The maximum absolute atomic E-state index is 12.3. The number of nitrogens with one attached hydrogen (secondary N) is 2. The lowest BCUT2D eigenvalue weighted by Crippen LogP contribution is -2.35. The molecule has 0 saturated heterocycles. The van der Waals surface area contributed by atoms with Gasteiger partial charge in [0.1, 0.15) is 19.0 Å². The average Bonchev–Trinajstić information content (AvgIpc) is 2.96. The number of rotatable bonds is 10. The summed E-state index contributed by atoms with van der Waals surface area (Å²) in [5.41, 5.74) is 1.83. The molecule has 7 nitrogen and oxygen atoms in total. The fourth-order valence-electron chi connectivity index (χ4n) is 2.72. The van der Waals surface area contributed by atoms with Crippen LogP contribution in [0, 0.1) is 0 Å². The lowest BCUT2D eigenvalue weighted by molar-refractivity contribution is -0.124. The van der Waals surface area contributed by atoms with Gasteiger partial charge in [-0.2, -0.15) is 0 Å². The zero-order chi connectivity index (χ0) is 18.9. The zero-order valence-corrected chi connectivity index (χ0v) is 15.7. The molecule has 0 spiro atoms. The number of para-hydroxylation sites is 2. The topological polar surface area (TPSA) is 85.2 Å². The van der Waals surface area contributed by atoms with E-state index < -0.39 is 0 Å². The molecule has 0 aliphatic carbocycles. The summed E-state index contributed by atoms with van der Waals surface area (Å²) in [7, 11) is 1.49. The molecule has 2 rings (SSSR count). The number of ether oxygens (including phenoxy) is 1. The highest BCUT2D eigenvalue weighted by atomic mass is 16.5. The fraction of sp³-hybridized carbons (Fsp3) is 0.526. The molecule has 2 N–H and O–H groups in total. The van der Waals surface area contributed by atoms with Crippen LogP contribution in [-0.4, -0.2) is 47.7 Å². The van der Waals surface area contributed by atoms with Crippen molar-refractivity contribution in [1.82, 2.24) is 20.2 Å². The molecule has 142 valence electrons. The Balaban J connectivity index is 2.05. The van der Waals surface area contributed by atoms with Gasteiger partial charge in [-0.05, 0) is 31.9 Å². The van der Waals surface area contributed by atoms with Crippen molar-refractivity contribution in [3.05, 3.63) is 30.1 Å². The number of benzene rings is 1. The normalized spacial score (nSPS) is 12.1. The number of carbonyl (C=O) groups excluding carboxylic acids is 2. The van der Waals surface area contributed by atoms with Gasteiger partial charge in [0.05, 0.1) is 11.0 Å². The smallest absolute Gasteiger partial charge is 0.245 e. The Morgan fingerprint density at radius 2 is 2.04 bits per heavy atom. The lowest BCUT2D eigenvalue weighted by atomic mass is 10.2. The van der Waals surface area contributed by atoms with Crippen LogP contribution in [0.1, 0.15) is 32.5 Å². The summed E-state index contributed by atoms with van der Waals surface area (Å²) in [6.45, 7) is 4.89. The first-order chi connectivity index (χ1) is 12.5. The SMILES string of the molecule is CCC(C)NC(=O)Cn1c(CCCNC(=O)COC)nc2ccccc21. The van der Waals surface area contributed by atoms with Gasteiger partial charge in [0, 0.05) is 26.1 Å². The van der Waals surface area contributed by atoms with Crippen LogP contribution in [0.2, 0.25) is 0 Å². The summed E-state index contributed by atoms with van der Waals surface area (Å²) < 4.78 is 6.75. The molecular formula is C19H28N4O3. The summed E-state index contributed by atoms with van der Waals surface area (Å²) in [5.74, 6) is 0.706. The van der Waals surface area contributed by atoms with E-state index in [9.17, 15) is 9.59 Å². The largest absolute Gasteiger partial charge is 0.375 e. The molecule has 0 fully saturated rings. The summed E-state index contributed by atoms with van der Waals surface area (Å²) in [6.07, 6.45) is 2.31. The number of fused-ring (bicyclic) bond motifs is 1. The Labute approximate surface area is 154 Å². The van der Waals surface area contributed by atoms with Crippen molar-refractivity contribution in [2.75, 3.05) is 20.3 Å². The van der Waals surface area contributed by atoms with Crippen LogP contribution in [0.5, 0.6) is 0 Å². The van der Waals surface area contributed by atoms with Gasteiger partial charge in [-0.25, -0.2) is 4.98 Å². The molecule has 1 heterocycles. The number of aryl methyl sites for hydroxylation is 1. The van der Waals surface area contributed by atoms with Crippen LogP contribution < -0.4 is 10.6 Å². The van der Waals surface area contributed by atoms with E-state index in [-0.39, 0.29) is 31.0 Å². The summed E-state index contributed by atoms with van der Waals surface area (Å²) in [6, 6.07) is 7.96. The minimum absolute atomic E-state index is 0.0165. The third-order valence-corrected chi connectivity index (χ3v) is 4.23. The third kappa shape index (κ3) is 5.56. The molecule has 2 amide bonds. The van der Waals surface area contributed by atoms with Crippen LogP contribution >= 0.6 is 0 Å². The van der Waals surface area contributed by atoms with Gasteiger partial charge in [-0.15, -0.1) is 0 Å². The fourth-order valence-corrected chi connectivity index (χ4v) is 2.72. The number of imidazole rings is 1. The second kappa shape index (κ2) is 9.91. The van der Waals surface area contributed by atoms with Crippen LogP contribution in [0.25, 0.3) is 11.0 Å². The molecule has 0 bridgehead atoms. The molecule has 7 heteroatoms. The molecule has 0 aliphatic rings. The van der Waals surface area contributed by atoms with Crippen LogP contribution in [0.3, 0.4) is 0 Å². The number of hydrogen-bond acceptors (Lipinski definition) is 4. The average molecular weight is 360 g/mol. The van der Waals surface area contributed by atoms with Crippen molar-refractivity contribution < 1.29 is 14.3 Å². The molecule has 1 aromatic heterocycles. The Bertz CT molecular complexity index is 741. The molecule has 26 heavy (non-hydrogen) atoms. The van der Waals surface area contributed by atoms with E-state index in [4.69, 9.17) is 4.74 Å².